The fourth-order valence-corrected chi connectivity index (χ4v) is 4.26. The number of aromatic nitrogens is 3. The standard InChI is InChI=1S/C24H28N4O4/c1-4-27(16-10-6-5-7-11-16)23(30)21-20-18-12-8-9-13-19(18)26(2)22(20)24(31)28(25-21)14-17(29)15-32-3/h5-13,17,23,29-30H,4,14-15H2,1-3H3. The highest BCUT2D eigenvalue weighted by Gasteiger charge is 2.27. The van der Waals surface area contributed by atoms with Gasteiger partial charge in [0.1, 0.15) is 11.2 Å². The van der Waals surface area contributed by atoms with Crippen molar-refractivity contribution in [2.24, 2.45) is 7.05 Å². The van der Waals surface area contributed by atoms with Gasteiger partial charge in [-0.3, -0.25) is 4.79 Å². The van der Waals surface area contributed by atoms with Gasteiger partial charge in [-0.2, -0.15) is 5.10 Å². The van der Waals surface area contributed by atoms with Gasteiger partial charge in [-0.15, -0.1) is 0 Å². The van der Waals surface area contributed by atoms with Crippen LogP contribution in [0.3, 0.4) is 0 Å². The van der Waals surface area contributed by atoms with Crippen LogP contribution in [0.5, 0.6) is 0 Å². The molecule has 2 aromatic carbocycles. The van der Waals surface area contributed by atoms with Crippen molar-refractivity contribution in [3.05, 3.63) is 70.6 Å². The van der Waals surface area contributed by atoms with E-state index >= 15 is 0 Å². The van der Waals surface area contributed by atoms with Gasteiger partial charge in [0.25, 0.3) is 5.56 Å². The quantitative estimate of drug-likeness (QED) is 0.412. The van der Waals surface area contributed by atoms with Crippen molar-refractivity contribution in [2.75, 3.05) is 25.2 Å². The van der Waals surface area contributed by atoms with Gasteiger partial charge in [-0.1, -0.05) is 36.4 Å². The molecule has 0 aliphatic rings. The molecule has 2 atom stereocenters. The summed E-state index contributed by atoms with van der Waals surface area (Å²) in [6, 6.07) is 17.3. The Bertz CT molecular complexity index is 1280. The van der Waals surface area contributed by atoms with Crippen LogP contribution < -0.4 is 10.5 Å². The fraction of sp³-hybridized carbons (Fsp3) is 0.333. The monoisotopic (exact) mass is 436 g/mol. The lowest BCUT2D eigenvalue weighted by Gasteiger charge is -2.29. The van der Waals surface area contributed by atoms with Crippen molar-refractivity contribution in [2.45, 2.75) is 25.8 Å². The maximum Gasteiger partial charge on any atom is 0.291 e. The molecule has 0 aliphatic heterocycles. The van der Waals surface area contributed by atoms with Crippen molar-refractivity contribution in [3.63, 3.8) is 0 Å². The average molecular weight is 437 g/mol. The predicted molar refractivity (Wildman–Crippen MR) is 125 cm³/mol. The molecule has 0 fully saturated rings. The van der Waals surface area contributed by atoms with E-state index in [4.69, 9.17) is 4.74 Å². The number of aliphatic hydroxyl groups is 2. The number of benzene rings is 2. The topological polar surface area (TPSA) is 92.8 Å². The molecular formula is C24H28N4O4. The van der Waals surface area contributed by atoms with E-state index < -0.39 is 12.3 Å². The predicted octanol–water partition coefficient (Wildman–Crippen LogP) is 2.41. The number of anilines is 1. The molecule has 2 N–H and O–H groups in total. The fourth-order valence-electron chi connectivity index (χ4n) is 4.26. The van der Waals surface area contributed by atoms with Crippen LogP contribution in [-0.4, -0.2) is 50.9 Å². The number of hydrogen-bond donors (Lipinski definition) is 2. The van der Waals surface area contributed by atoms with E-state index in [9.17, 15) is 15.0 Å². The summed E-state index contributed by atoms with van der Waals surface area (Å²) in [5.74, 6) is 0. The minimum absolute atomic E-state index is 0.0404. The van der Waals surface area contributed by atoms with Crippen LogP contribution in [0.15, 0.2) is 59.4 Å². The zero-order chi connectivity index (χ0) is 22.8. The largest absolute Gasteiger partial charge is 0.389 e. The van der Waals surface area contributed by atoms with Crippen molar-refractivity contribution < 1.29 is 14.9 Å². The van der Waals surface area contributed by atoms with E-state index in [0.717, 1.165) is 16.6 Å². The number of methoxy groups -OCH3 is 1. The lowest BCUT2D eigenvalue weighted by molar-refractivity contribution is 0.0499. The Kier molecular flexibility index (Phi) is 6.27. The Morgan fingerprint density at radius 1 is 1.09 bits per heavy atom. The molecule has 0 aliphatic carbocycles. The minimum Gasteiger partial charge on any atom is -0.389 e. The molecule has 2 aromatic heterocycles. The van der Waals surface area contributed by atoms with Crippen LogP contribution in [0.25, 0.3) is 21.8 Å². The van der Waals surface area contributed by atoms with Gasteiger partial charge in [0, 0.05) is 42.7 Å². The van der Waals surface area contributed by atoms with E-state index in [1.165, 1.54) is 11.8 Å². The molecule has 32 heavy (non-hydrogen) atoms. The van der Waals surface area contributed by atoms with Gasteiger partial charge in [0.15, 0.2) is 6.23 Å². The van der Waals surface area contributed by atoms with E-state index in [2.05, 4.69) is 5.10 Å². The third kappa shape index (κ3) is 3.77. The SMILES string of the molecule is CCN(c1ccccc1)C(O)c1nn(CC(O)COC)c(=O)c2c1c1ccccc1n2C. The number of rotatable bonds is 8. The van der Waals surface area contributed by atoms with Crippen LogP contribution >= 0.6 is 0 Å². The van der Waals surface area contributed by atoms with Gasteiger partial charge in [0.2, 0.25) is 0 Å². The van der Waals surface area contributed by atoms with Gasteiger partial charge in [-0.05, 0) is 25.1 Å². The zero-order valence-corrected chi connectivity index (χ0v) is 18.5. The van der Waals surface area contributed by atoms with E-state index in [0.29, 0.717) is 23.1 Å². The first-order chi connectivity index (χ1) is 15.5. The molecule has 0 radical (unpaired) electrons. The van der Waals surface area contributed by atoms with Crippen LogP contribution in [-0.2, 0) is 18.3 Å². The second kappa shape index (κ2) is 9.12. The molecule has 2 heterocycles. The third-order valence-electron chi connectivity index (χ3n) is 5.74. The van der Waals surface area contributed by atoms with Crippen molar-refractivity contribution in [3.8, 4) is 0 Å². The normalized spacial score (nSPS) is 13.5. The van der Waals surface area contributed by atoms with Crippen molar-refractivity contribution >= 4 is 27.5 Å². The summed E-state index contributed by atoms with van der Waals surface area (Å²) >= 11 is 0. The molecule has 0 saturated heterocycles. The third-order valence-corrected chi connectivity index (χ3v) is 5.74. The van der Waals surface area contributed by atoms with E-state index in [1.807, 2.05) is 78.0 Å². The molecule has 168 valence electrons. The number of ether oxygens (including phenoxy) is 1. The van der Waals surface area contributed by atoms with Gasteiger partial charge < -0.3 is 24.4 Å². The van der Waals surface area contributed by atoms with Gasteiger partial charge in [-0.25, -0.2) is 4.68 Å². The van der Waals surface area contributed by atoms with E-state index in [1.54, 1.807) is 0 Å². The van der Waals surface area contributed by atoms with Crippen LogP contribution in [0.2, 0.25) is 0 Å². The maximum atomic E-state index is 13.4. The first-order valence-electron chi connectivity index (χ1n) is 10.6. The number of aryl methyl sites for hydroxylation is 1. The molecule has 0 bridgehead atoms. The lowest BCUT2D eigenvalue weighted by atomic mass is 10.1. The van der Waals surface area contributed by atoms with Crippen LogP contribution in [0.1, 0.15) is 18.8 Å². The summed E-state index contributed by atoms with van der Waals surface area (Å²) in [7, 11) is 3.31. The van der Waals surface area contributed by atoms with Gasteiger partial charge >= 0.3 is 0 Å². The molecule has 0 saturated carbocycles. The van der Waals surface area contributed by atoms with Crippen LogP contribution in [0, 0.1) is 0 Å². The summed E-state index contributed by atoms with van der Waals surface area (Å²) in [6.07, 6.45) is -2.00. The number of fused-ring (bicyclic) bond motifs is 3. The first-order valence-corrected chi connectivity index (χ1v) is 10.6. The maximum absolute atomic E-state index is 13.4. The van der Waals surface area contributed by atoms with Gasteiger partial charge in [0.05, 0.1) is 19.3 Å². The highest BCUT2D eigenvalue weighted by Crippen LogP contribution is 2.33. The first kappa shape index (κ1) is 22.0. The smallest absolute Gasteiger partial charge is 0.291 e. The Balaban J connectivity index is 1.98. The Labute approximate surface area is 185 Å². The summed E-state index contributed by atoms with van der Waals surface area (Å²) in [4.78, 5) is 15.2. The Morgan fingerprint density at radius 3 is 2.47 bits per heavy atom. The molecule has 8 nitrogen and oxygen atoms in total. The zero-order valence-electron chi connectivity index (χ0n) is 18.5. The highest BCUT2D eigenvalue weighted by atomic mass is 16.5. The summed E-state index contributed by atoms with van der Waals surface area (Å²) in [6.45, 7) is 2.52. The van der Waals surface area contributed by atoms with E-state index in [-0.39, 0.29) is 18.7 Å². The molecular weight excluding hydrogens is 408 g/mol. The molecule has 0 spiro atoms. The molecule has 4 aromatic rings. The number of hydrogen-bond acceptors (Lipinski definition) is 6. The second-order valence-electron chi connectivity index (χ2n) is 7.78. The second-order valence-corrected chi connectivity index (χ2v) is 7.78. The lowest BCUT2D eigenvalue weighted by Crippen LogP contribution is -2.35. The summed E-state index contributed by atoms with van der Waals surface area (Å²) in [5, 5.41) is 27.8. The summed E-state index contributed by atoms with van der Waals surface area (Å²) in [5.41, 5.74) is 2.19. The average Bonchev–Trinajstić information content (AvgIpc) is 3.10. The highest BCUT2D eigenvalue weighted by molar-refractivity contribution is 6.09. The molecule has 0 amide bonds. The summed E-state index contributed by atoms with van der Waals surface area (Å²) < 4.78 is 8.06. The van der Waals surface area contributed by atoms with Crippen LogP contribution in [0.4, 0.5) is 5.69 Å². The molecule has 2 unspecified atom stereocenters. The number of para-hydroxylation sites is 2. The minimum atomic E-state index is -1.10. The van der Waals surface area contributed by atoms with Crippen molar-refractivity contribution in [1.29, 1.82) is 0 Å². The number of aliphatic hydroxyl groups excluding tert-OH is 2. The Hall–Kier alpha value is -3.20. The number of nitrogens with zero attached hydrogens (tertiary/aromatic N) is 4. The Morgan fingerprint density at radius 2 is 1.78 bits per heavy atom. The molecule has 4 rings (SSSR count). The molecule has 8 heteroatoms. The van der Waals surface area contributed by atoms with Crippen molar-refractivity contribution in [1.82, 2.24) is 14.3 Å².